The van der Waals surface area contributed by atoms with E-state index in [1.165, 1.54) is 64.2 Å². The summed E-state index contributed by atoms with van der Waals surface area (Å²) in [6.45, 7) is 3.93. The second-order valence-corrected chi connectivity index (χ2v) is 18.3. The monoisotopic (exact) mass is 968 g/mol. The summed E-state index contributed by atoms with van der Waals surface area (Å²) in [6, 6.07) is 47.2. The first-order valence-electron chi connectivity index (χ1n) is 25.9. The molecule has 11 heteroatoms. The Bertz CT molecular complexity index is 2200. The third-order valence-corrected chi connectivity index (χ3v) is 12.8. The van der Waals surface area contributed by atoms with Gasteiger partial charge >= 0.3 is 0 Å². The van der Waals surface area contributed by atoms with Gasteiger partial charge in [-0.15, -0.1) is 0 Å². The minimum Gasteiger partial charge on any atom is -0.497 e. The fourth-order valence-electron chi connectivity index (χ4n) is 8.70. The van der Waals surface area contributed by atoms with E-state index >= 15 is 0 Å². The van der Waals surface area contributed by atoms with Crippen molar-refractivity contribution in [3.8, 4) is 5.75 Å². The molecule has 7 atom stereocenters. The van der Waals surface area contributed by atoms with Crippen molar-refractivity contribution in [3.05, 3.63) is 196 Å². The number of rotatable bonds is 35. The van der Waals surface area contributed by atoms with Crippen LogP contribution in [0.2, 0.25) is 0 Å². The first kappa shape index (κ1) is 55.0. The summed E-state index contributed by atoms with van der Waals surface area (Å²) in [5.41, 5.74) is 15.0. The zero-order valence-corrected chi connectivity index (χ0v) is 42.1. The van der Waals surface area contributed by atoms with Crippen LogP contribution < -0.4 is 4.74 Å². The minimum atomic E-state index is -0.986. The minimum absolute atomic E-state index is 0.0332. The largest absolute Gasteiger partial charge is 0.497 e. The number of unbranched alkanes of at least 4 members (excludes halogenated alkanes) is 11. The molecule has 71 heavy (non-hydrogen) atoms. The van der Waals surface area contributed by atoms with E-state index in [9.17, 15) is 5.53 Å². The second kappa shape index (κ2) is 33.3. The molecule has 1 heterocycles. The molecule has 5 aromatic rings. The van der Waals surface area contributed by atoms with Crippen LogP contribution in [0.4, 0.5) is 0 Å². The molecule has 1 fully saturated rings. The summed E-state index contributed by atoms with van der Waals surface area (Å²) < 4.78 is 52.9. The van der Waals surface area contributed by atoms with Crippen molar-refractivity contribution in [1.29, 1.82) is 0 Å². The number of hydrogen-bond donors (Lipinski definition) is 0. The Hall–Kier alpha value is -5.33. The Morgan fingerprint density at radius 1 is 0.549 bits per heavy atom. The van der Waals surface area contributed by atoms with E-state index in [4.69, 9.17) is 37.9 Å². The van der Waals surface area contributed by atoms with Gasteiger partial charge in [-0.05, 0) is 58.3 Å². The predicted molar refractivity (Wildman–Crippen MR) is 280 cm³/mol. The molecule has 0 radical (unpaired) electrons. The molecule has 0 aromatic heterocycles. The number of methoxy groups -OCH3 is 1. The number of benzene rings is 5. The lowest BCUT2D eigenvalue weighted by molar-refractivity contribution is -0.329. The van der Waals surface area contributed by atoms with Crippen LogP contribution in [0.1, 0.15) is 112 Å². The number of azide groups is 1. The average molecular weight is 968 g/mol. The summed E-state index contributed by atoms with van der Waals surface area (Å²) in [4.78, 5) is 3.31. The first-order valence-corrected chi connectivity index (χ1v) is 25.9. The van der Waals surface area contributed by atoms with Crippen molar-refractivity contribution < 1.29 is 37.9 Å². The van der Waals surface area contributed by atoms with E-state index in [1.807, 2.05) is 152 Å². The SMILES string of the molecule is CCCCCCCCCCCCC/C=C/C(OCc1ccc(OC)cc1)C(COC1O[C@H](COCc2ccccc2)[C@H](OCc2ccccc2)[C@H](OCc2ccccc2)[C@H]1OCc1ccccc1)N=[N+]=[N-]. The van der Waals surface area contributed by atoms with E-state index in [2.05, 4.69) is 23.0 Å². The van der Waals surface area contributed by atoms with E-state index < -0.39 is 42.9 Å². The number of hydrogen-bond acceptors (Lipinski definition) is 9. The van der Waals surface area contributed by atoms with Gasteiger partial charge in [0.15, 0.2) is 6.29 Å². The van der Waals surface area contributed by atoms with Crippen LogP contribution in [0.3, 0.4) is 0 Å². The van der Waals surface area contributed by atoms with Gasteiger partial charge in [0.1, 0.15) is 30.2 Å². The number of ether oxygens (including phenoxy) is 8. The van der Waals surface area contributed by atoms with E-state index in [0.717, 1.165) is 46.4 Å². The van der Waals surface area contributed by atoms with Gasteiger partial charge in [-0.3, -0.25) is 0 Å². The summed E-state index contributed by atoms with van der Waals surface area (Å²) >= 11 is 0. The molecule has 1 saturated heterocycles. The highest BCUT2D eigenvalue weighted by molar-refractivity contribution is 5.27. The summed E-state index contributed by atoms with van der Waals surface area (Å²) in [7, 11) is 1.65. The van der Waals surface area contributed by atoms with Crippen LogP contribution >= 0.6 is 0 Å². The fourth-order valence-corrected chi connectivity index (χ4v) is 8.70. The van der Waals surface area contributed by atoms with Crippen molar-refractivity contribution in [2.45, 2.75) is 160 Å². The number of allylic oxidation sites excluding steroid dienone is 1. The average Bonchev–Trinajstić information content (AvgIpc) is 3.42. The standard InChI is InChI=1S/C60H77N3O8/c1-3-4-5-6-7-8-9-10-11-12-13-14-27-36-55(66-42-52-37-39-53(64-2)40-38-52)54(62-63-61)46-70-60-59(69-45-51-34-25-18-26-35-51)58(68-44-50-32-23-17-24-33-50)57(67-43-49-30-21-16-22-31-49)56(71-60)47-65-41-48-28-19-15-20-29-48/h15-40,54-60H,3-14,41-47H2,1-2H3/b36-27+/t54?,55?,56-,57+,58+,59-,60?/m1/s1. The van der Waals surface area contributed by atoms with Gasteiger partial charge in [0, 0.05) is 4.91 Å². The van der Waals surface area contributed by atoms with Gasteiger partial charge in [-0.2, -0.15) is 0 Å². The Morgan fingerprint density at radius 3 is 1.55 bits per heavy atom. The lowest BCUT2D eigenvalue weighted by Crippen LogP contribution is -2.62. The lowest BCUT2D eigenvalue weighted by atomic mass is 9.97. The van der Waals surface area contributed by atoms with Crippen LogP contribution in [0.25, 0.3) is 10.4 Å². The molecular weight excluding hydrogens is 891 g/mol. The van der Waals surface area contributed by atoms with Crippen LogP contribution in [0, 0.1) is 0 Å². The Kier molecular flexibility index (Phi) is 25.8. The molecule has 6 rings (SSSR count). The van der Waals surface area contributed by atoms with Gasteiger partial charge in [0.05, 0.1) is 65.5 Å². The van der Waals surface area contributed by atoms with Crippen LogP contribution in [-0.2, 0) is 66.2 Å². The zero-order valence-electron chi connectivity index (χ0n) is 42.1. The molecule has 3 unspecified atom stereocenters. The van der Waals surface area contributed by atoms with Crippen molar-refractivity contribution in [2.24, 2.45) is 5.11 Å². The Labute approximate surface area is 423 Å². The molecule has 1 aliphatic rings. The number of nitrogens with zero attached hydrogens (tertiary/aromatic N) is 3. The highest BCUT2D eigenvalue weighted by Gasteiger charge is 2.49. The lowest BCUT2D eigenvalue weighted by Gasteiger charge is -2.46. The molecule has 0 saturated carbocycles. The maximum Gasteiger partial charge on any atom is 0.186 e. The van der Waals surface area contributed by atoms with Gasteiger partial charge < -0.3 is 37.9 Å². The molecule has 0 N–H and O–H groups in total. The topological polar surface area (TPSA) is 123 Å². The van der Waals surface area contributed by atoms with Crippen LogP contribution in [-0.4, -0.2) is 63.2 Å². The highest BCUT2D eigenvalue weighted by atomic mass is 16.7. The quantitative estimate of drug-likeness (QED) is 0.0129. The van der Waals surface area contributed by atoms with Crippen molar-refractivity contribution in [2.75, 3.05) is 20.3 Å². The molecule has 11 nitrogen and oxygen atoms in total. The fraction of sp³-hybridized carbons (Fsp3) is 0.467. The van der Waals surface area contributed by atoms with E-state index in [-0.39, 0.29) is 26.4 Å². The molecular formula is C60H77N3O8. The van der Waals surface area contributed by atoms with Crippen LogP contribution in [0.5, 0.6) is 5.75 Å². The molecule has 0 spiro atoms. The smallest absolute Gasteiger partial charge is 0.186 e. The Balaban J connectivity index is 1.23. The molecule has 5 aromatic carbocycles. The summed E-state index contributed by atoms with van der Waals surface area (Å²) in [5.74, 6) is 0.761. The first-order chi connectivity index (χ1) is 35.1. The normalized spacial score (nSPS) is 18.8. The van der Waals surface area contributed by atoms with Gasteiger partial charge in [0.2, 0.25) is 0 Å². The van der Waals surface area contributed by atoms with Gasteiger partial charge in [0.25, 0.3) is 0 Å². The van der Waals surface area contributed by atoms with Gasteiger partial charge in [-0.25, -0.2) is 0 Å². The summed E-state index contributed by atoms with van der Waals surface area (Å²) in [6.07, 6.45) is 14.8. The second-order valence-electron chi connectivity index (χ2n) is 18.3. The maximum atomic E-state index is 10.1. The zero-order chi connectivity index (χ0) is 49.4. The molecule has 1 aliphatic heterocycles. The third kappa shape index (κ3) is 20.4. The highest BCUT2D eigenvalue weighted by Crippen LogP contribution is 2.32. The summed E-state index contributed by atoms with van der Waals surface area (Å²) in [5, 5.41) is 4.30. The predicted octanol–water partition coefficient (Wildman–Crippen LogP) is 14.2. The van der Waals surface area contributed by atoms with Crippen molar-refractivity contribution >= 4 is 0 Å². The molecule has 380 valence electrons. The van der Waals surface area contributed by atoms with E-state index in [1.54, 1.807) is 7.11 Å². The maximum absolute atomic E-state index is 10.1. The third-order valence-electron chi connectivity index (χ3n) is 12.8. The molecule has 0 amide bonds. The molecule has 0 bridgehead atoms. The van der Waals surface area contributed by atoms with Crippen molar-refractivity contribution in [1.82, 2.24) is 0 Å². The van der Waals surface area contributed by atoms with Crippen molar-refractivity contribution in [3.63, 3.8) is 0 Å². The molecule has 0 aliphatic carbocycles. The Morgan fingerprint density at radius 2 is 1.03 bits per heavy atom. The van der Waals surface area contributed by atoms with E-state index in [0.29, 0.717) is 19.8 Å². The van der Waals surface area contributed by atoms with Gasteiger partial charge in [-0.1, -0.05) is 222 Å². The van der Waals surface area contributed by atoms with Crippen LogP contribution in [0.15, 0.2) is 163 Å².